The number of benzene rings is 2. The maximum atomic E-state index is 12.3. The van der Waals surface area contributed by atoms with Crippen LogP contribution >= 0.6 is 11.8 Å². The number of nitrogens with zero attached hydrogens (tertiary/aromatic N) is 1. The smallest absolute Gasteiger partial charge is 0.257 e. The molecule has 0 bridgehead atoms. The first-order chi connectivity index (χ1) is 11.5. The molecule has 0 aliphatic heterocycles. The minimum Gasteiger partial charge on any atom is -0.506 e. The van der Waals surface area contributed by atoms with Crippen molar-refractivity contribution in [3.05, 3.63) is 48.0 Å². The number of anilines is 1. The molecule has 0 unspecified atom stereocenters. The Hall–Kier alpha value is -2.80. The number of thioether (sulfide) groups is 1. The molecule has 1 aromatic heterocycles. The number of hydrogen-bond acceptors (Lipinski definition) is 6. The van der Waals surface area contributed by atoms with Crippen molar-refractivity contribution in [2.75, 3.05) is 11.1 Å². The Balaban J connectivity index is 1.71. The normalized spacial score (nSPS) is 10.7. The SMILES string of the molecule is CC(=O)Nc1cc(C(=O)CSc2nc3ccccc3o2)ccc1O. The third kappa shape index (κ3) is 3.57. The van der Waals surface area contributed by atoms with E-state index in [9.17, 15) is 14.7 Å². The van der Waals surface area contributed by atoms with Crippen molar-refractivity contribution in [1.29, 1.82) is 0 Å². The lowest BCUT2D eigenvalue weighted by molar-refractivity contribution is -0.114. The minimum absolute atomic E-state index is 0.0895. The summed E-state index contributed by atoms with van der Waals surface area (Å²) in [6.45, 7) is 1.33. The van der Waals surface area contributed by atoms with Crippen molar-refractivity contribution in [3.8, 4) is 5.75 Å². The Bertz CT molecular complexity index is 887. The highest BCUT2D eigenvalue weighted by atomic mass is 32.2. The first kappa shape index (κ1) is 16.1. The maximum absolute atomic E-state index is 12.3. The summed E-state index contributed by atoms with van der Waals surface area (Å²) in [5, 5.41) is 12.6. The Kier molecular flexibility index (Phi) is 4.52. The first-order valence-corrected chi connectivity index (χ1v) is 8.13. The molecule has 0 radical (unpaired) electrons. The second kappa shape index (κ2) is 6.76. The molecule has 2 aromatic carbocycles. The summed E-state index contributed by atoms with van der Waals surface area (Å²) >= 11 is 1.20. The summed E-state index contributed by atoms with van der Waals surface area (Å²) in [4.78, 5) is 27.7. The molecule has 0 atom stereocenters. The molecule has 122 valence electrons. The van der Waals surface area contributed by atoms with E-state index < -0.39 is 0 Å². The fourth-order valence-corrected chi connectivity index (χ4v) is 2.86. The molecule has 0 saturated carbocycles. The number of carbonyl (C=O) groups is 2. The predicted molar refractivity (Wildman–Crippen MR) is 91.5 cm³/mol. The van der Waals surface area contributed by atoms with Crippen LogP contribution in [0.4, 0.5) is 5.69 Å². The van der Waals surface area contributed by atoms with E-state index in [-0.39, 0.29) is 28.9 Å². The zero-order valence-corrected chi connectivity index (χ0v) is 13.6. The zero-order valence-electron chi connectivity index (χ0n) is 12.8. The highest BCUT2D eigenvalue weighted by molar-refractivity contribution is 7.99. The molecule has 0 aliphatic carbocycles. The molecule has 1 heterocycles. The van der Waals surface area contributed by atoms with Gasteiger partial charge in [-0.1, -0.05) is 23.9 Å². The number of oxazole rings is 1. The molecule has 0 fully saturated rings. The topological polar surface area (TPSA) is 92.4 Å². The molecule has 7 heteroatoms. The van der Waals surface area contributed by atoms with Crippen LogP contribution in [0.15, 0.2) is 52.1 Å². The van der Waals surface area contributed by atoms with Crippen LogP contribution < -0.4 is 5.32 Å². The Morgan fingerprint density at radius 1 is 1.25 bits per heavy atom. The van der Waals surface area contributed by atoms with Crippen molar-refractivity contribution in [2.45, 2.75) is 12.1 Å². The number of aromatic nitrogens is 1. The van der Waals surface area contributed by atoms with Gasteiger partial charge >= 0.3 is 0 Å². The van der Waals surface area contributed by atoms with E-state index in [1.807, 2.05) is 24.3 Å². The van der Waals surface area contributed by atoms with Gasteiger partial charge in [0.15, 0.2) is 11.4 Å². The van der Waals surface area contributed by atoms with E-state index in [0.29, 0.717) is 16.4 Å². The number of carbonyl (C=O) groups excluding carboxylic acids is 2. The van der Waals surface area contributed by atoms with Gasteiger partial charge in [-0.25, -0.2) is 4.98 Å². The number of amides is 1. The summed E-state index contributed by atoms with van der Waals surface area (Å²) in [6, 6.07) is 11.7. The van der Waals surface area contributed by atoms with Crippen LogP contribution in [0, 0.1) is 0 Å². The lowest BCUT2D eigenvalue weighted by atomic mass is 10.1. The van der Waals surface area contributed by atoms with Gasteiger partial charge in [0.2, 0.25) is 5.91 Å². The van der Waals surface area contributed by atoms with Gasteiger partial charge in [0.05, 0.1) is 11.4 Å². The third-order valence-corrected chi connectivity index (χ3v) is 4.06. The Morgan fingerprint density at radius 2 is 2.04 bits per heavy atom. The summed E-state index contributed by atoms with van der Waals surface area (Å²) in [7, 11) is 0. The maximum Gasteiger partial charge on any atom is 0.257 e. The Morgan fingerprint density at radius 3 is 2.79 bits per heavy atom. The summed E-state index contributed by atoms with van der Waals surface area (Å²) in [5.74, 6) is -0.435. The largest absolute Gasteiger partial charge is 0.506 e. The van der Waals surface area contributed by atoms with Gasteiger partial charge in [-0.3, -0.25) is 9.59 Å². The van der Waals surface area contributed by atoms with Crippen LogP contribution in [0.3, 0.4) is 0 Å². The van der Waals surface area contributed by atoms with Gasteiger partial charge in [-0.15, -0.1) is 0 Å². The summed E-state index contributed by atoms with van der Waals surface area (Å²) in [6.07, 6.45) is 0. The lowest BCUT2D eigenvalue weighted by Crippen LogP contribution is -2.08. The van der Waals surface area contributed by atoms with Crippen molar-refractivity contribution < 1.29 is 19.1 Å². The minimum atomic E-state index is -0.323. The number of phenolic OH excluding ortho intramolecular Hbond substituents is 1. The molecule has 3 rings (SSSR count). The average Bonchev–Trinajstić information content (AvgIpc) is 2.97. The van der Waals surface area contributed by atoms with Crippen LogP contribution in [0.2, 0.25) is 0 Å². The van der Waals surface area contributed by atoms with Gasteiger partial charge in [0.1, 0.15) is 11.3 Å². The van der Waals surface area contributed by atoms with Gasteiger partial charge < -0.3 is 14.8 Å². The van der Waals surface area contributed by atoms with Crippen LogP contribution in [-0.4, -0.2) is 27.5 Å². The van der Waals surface area contributed by atoms with Crippen LogP contribution in [0.1, 0.15) is 17.3 Å². The van der Waals surface area contributed by atoms with Gasteiger partial charge in [0.25, 0.3) is 5.22 Å². The molecule has 0 saturated heterocycles. The highest BCUT2D eigenvalue weighted by Gasteiger charge is 2.13. The fourth-order valence-electron chi connectivity index (χ4n) is 2.12. The number of phenols is 1. The van der Waals surface area contributed by atoms with Gasteiger partial charge in [0, 0.05) is 12.5 Å². The van der Waals surface area contributed by atoms with E-state index in [1.54, 1.807) is 0 Å². The average molecular weight is 342 g/mol. The lowest BCUT2D eigenvalue weighted by Gasteiger charge is -2.07. The van der Waals surface area contributed by atoms with E-state index in [1.165, 1.54) is 36.9 Å². The van der Waals surface area contributed by atoms with Crippen LogP contribution in [0.25, 0.3) is 11.1 Å². The van der Waals surface area contributed by atoms with Crippen molar-refractivity contribution in [1.82, 2.24) is 4.98 Å². The molecule has 3 aromatic rings. The standard InChI is InChI=1S/C17H14N2O4S/c1-10(20)18-13-8-11(6-7-14(13)21)15(22)9-24-17-19-12-4-2-3-5-16(12)23-17/h2-8,21H,9H2,1H3,(H,18,20). The molecule has 24 heavy (non-hydrogen) atoms. The molecule has 6 nitrogen and oxygen atoms in total. The fraction of sp³-hybridized carbons (Fsp3) is 0.118. The van der Waals surface area contributed by atoms with Crippen molar-refractivity contribution in [3.63, 3.8) is 0 Å². The van der Waals surface area contributed by atoms with E-state index >= 15 is 0 Å². The summed E-state index contributed by atoms with van der Waals surface area (Å²) in [5.41, 5.74) is 2.01. The molecular formula is C17H14N2O4S. The molecule has 2 N–H and O–H groups in total. The quantitative estimate of drug-likeness (QED) is 0.419. The van der Waals surface area contributed by atoms with E-state index in [2.05, 4.69) is 10.3 Å². The second-order valence-electron chi connectivity index (χ2n) is 5.07. The van der Waals surface area contributed by atoms with E-state index in [0.717, 1.165) is 5.52 Å². The van der Waals surface area contributed by atoms with Crippen molar-refractivity contribution >= 4 is 40.2 Å². The molecule has 0 spiro atoms. The van der Waals surface area contributed by atoms with Crippen LogP contribution in [0.5, 0.6) is 5.75 Å². The number of Topliss-reactive ketones (excluding diaryl/α,β-unsaturated/α-hetero) is 1. The molecule has 0 aliphatic rings. The molecular weight excluding hydrogens is 328 g/mol. The zero-order chi connectivity index (χ0) is 17.1. The monoisotopic (exact) mass is 342 g/mol. The number of nitrogens with one attached hydrogen (secondary N) is 1. The number of fused-ring (bicyclic) bond motifs is 1. The van der Waals surface area contributed by atoms with Gasteiger partial charge in [-0.2, -0.15) is 0 Å². The first-order valence-electron chi connectivity index (χ1n) is 7.15. The Labute approximate surface area is 141 Å². The molecule has 1 amide bonds. The number of aromatic hydroxyl groups is 1. The number of rotatable bonds is 5. The highest BCUT2D eigenvalue weighted by Crippen LogP contribution is 2.27. The van der Waals surface area contributed by atoms with Crippen molar-refractivity contribution in [2.24, 2.45) is 0 Å². The number of hydrogen-bond donors (Lipinski definition) is 2. The summed E-state index contributed by atoms with van der Waals surface area (Å²) < 4.78 is 5.55. The van der Waals surface area contributed by atoms with Gasteiger partial charge in [-0.05, 0) is 30.3 Å². The number of ketones is 1. The number of para-hydroxylation sites is 2. The predicted octanol–water partition coefficient (Wildman–Crippen LogP) is 3.47. The van der Waals surface area contributed by atoms with Crippen LogP contribution in [-0.2, 0) is 4.79 Å². The third-order valence-electron chi connectivity index (χ3n) is 3.23. The second-order valence-corrected chi connectivity index (χ2v) is 6.00. The van der Waals surface area contributed by atoms with E-state index in [4.69, 9.17) is 4.42 Å².